The van der Waals surface area contributed by atoms with Gasteiger partial charge >= 0.3 is 0 Å². The number of halogens is 1. The number of nitrogens with zero attached hydrogens (tertiary/aromatic N) is 4. The second kappa shape index (κ2) is 4.67. The van der Waals surface area contributed by atoms with E-state index in [0.29, 0.717) is 12.1 Å². The van der Waals surface area contributed by atoms with Gasteiger partial charge in [0, 0.05) is 31.2 Å². The van der Waals surface area contributed by atoms with Gasteiger partial charge in [-0.25, -0.2) is 9.97 Å². The first-order valence-corrected chi connectivity index (χ1v) is 6.31. The largest absolute Gasteiger partial charge is 0.353 e. The van der Waals surface area contributed by atoms with Crippen LogP contribution in [0.2, 0.25) is 0 Å². The van der Waals surface area contributed by atoms with Crippen LogP contribution in [0.15, 0.2) is 17.0 Å². The number of rotatable bonds is 1. The van der Waals surface area contributed by atoms with E-state index in [4.69, 9.17) is 0 Å². The lowest BCUT2D eigenvalue weighted by Crippen LogP contribution is -2.55. The second-order valence-corrected chi connectivity index (χ2v) is 5.28. The van der Waals surface area contributed by atoms with Gasteiger partial charge in [0.1, 0.15) is 16.7 Å². The van der Waals surface area contributed by atoms with Crippen molar-refractivity contribution in [2.75, 3.05) is 25.0 Å². The maximum Gasteiger partial charge on any atom is 0.133 e. The van der Waals surface area contributed by atoms with E-state index >= 15 is 0 Å². The minimum absolute atomic E-state index is 0.553. The smallest absolute Gasteiger partial charge is 0.133 e. The quantitative estimate of drug-likeness (QED) is 0.736. The molecule has 4 nitrogen and oxygen atoms in total. The lowest BCUT2D eigenvalue weighted by atomic mass is 10.1. The highest BCUT2D eigenvalue weighted by molar-refractivity contribution is 9.10. The number of likely N-dealkylation sites (N-methyl/N-ethyl adjacent to an activating group) is 1. The van der Waals surface area contributed by atoms with Crippen LogP contribution >= 0.6 is 15.9 Å². The summed E-state index contributed by atoms with van der Waals surface area (Å²) in [6.07, 6.45) is 1.60. The molecule has 88 valence electrons. The first-order valence-electron chi connectivity index (χ1n) is 5.52. The third kappa shape index (κ3) is 2.35. The van der Waals surface area contributed by atoms with Crippen LogP contribution in [-0.2, 0) is 0 Å². The fourth-order valence-electron chi connectivity index (χ4n) is 2.09. The Morgan fingerprint density at radius 3 is 2.44 bits per heavy atom. The van der Waals surface area contributed by atoms with Gasteiger partial charge in [0.25, 0.3) is 0 Å². The minimum Gasteiger partial charge on any atom is -0.353 e. The molecule has 0 N–H and O–H groups in total. The van der Waals surface area contributed by atoms with Crippen molar-refractivity contribution < 1.29 is 0 Å². The van der Waals surface area contributed by atoms with E-state index in [1.54, 1.807) is 6.33 Å². The Kier molecular flexibility index (Phi) is 3.44. The molecule has 0 aromatic carbocycles. The van der Waals surface area contributed by atoms with Gasteiger partial charge in [-0.2, -0.15) is 0 Å². The van der Waals surface area contributed by atoms with Gasteiger partial charge < -0.3 is 4.90 Å². The first-order chi connectivity index (χ1) is 7.58. The zero-order valence-electron chi connectivity index (χ0n) is 9.89. The standard InChI is InChI=1S/C11H17BrN4/c1-8-5-16(6-9(2)15(8)3)11-4-10(12)13-7-14-11/h4,7-9H,5-6H2,1-3H3. The van der Waals surface area contributed by atoms with Gasteiger partial charge in [0.15, 0.2) is 0 Å². The third-order valence-corrected chi connectivity index (χ3v) is 3.74. The lowest BCUT2D eigenvalue weighted by molar-refractivity contribution is 0.169. The van der Waals surface area contributed by atoms with Crippen molar-refractivity contribution in [3.05, 3.63) is 17.0 Å². The van der Waals surface area contributed by atoms with Crippen LogP contribution < -0.4 is 4.90 Å². The Morgan fingerprint density at radius 2 is 1.88 bits per heavy atom. The fraction of sp³-hybridized carbons (Fsp3) is 0.636. The van der Waals surface area contributed by atoms with Crippen molar-refractivity contribution in [1.29, 1.82) is 0 Å². The van der Waals surface area contributed by atoms with Gasteiger partial charge in [0.2, 0.25) is 0 Å². The Balaban J connectivity index is 2.17. The van der Waals surface area contributed by atoms with Crippen LogP contribution in [0, 0.1) is 0 Å². The van der Waals surface area contributed by atoms with Crippen molar-refractivity contribution in [2.45, 2.75) is 25.9 Å². The topological polar surface area (TPSA) is 32.3 Å². The Labute approximate surface area is 105 Å². The van der Waals surface area contributed by atoms with Crippen LogP contribution in [0.3, 0.4) is 0 Å². The van der Waals surface area contributed by atoms with Crippen LogP contribution in [0.5, 0.6) is 0 Å². The number of aromatic nitrogens is 2. The minimum atomic E-state index is 0.553. The molecule has 2 unspecified atom stereocenters. The summed E-state index contributed by atoms with van der Waals surface area (Å²) in [4.78, 5) is 13.1. The summed E-state index contributed by atoms with van der Waals surface area (Å²) < 4.78 is 0.844. The average Bonchev–Trinajstić information content (AvgIpc) is 2.25. The lowest BCUT2D eigenvalue weighted by Gasteiger charge is -2.42. The van der Waals surface area contributed by atoms with Gasteiger partial charge in [0.05, 0.1) is 0 Å². The Hall–Kier alpha value is -0.680. The maximum absolute atomic E-state index is 4.32. The molecule has 1 aliphatic rings. The number of piperazine rings is 1. The number of anilines is 1. The first kappa shape index (κ1) is 11.8. The van der Waals surface area contributed by atoms with E-state index in [1.807, 2.05) is 6.07 Å². The van der Waals surface area contributed by atoms with Crippen molar-refractivity contribution in [3.8, 4) is 0 Å². The zero-order chi connectivity index (χ0) is 11.7. The Bertz CT molecular complexity index is 359. The van der Waals surface area contributed by atoms with E-state index in [2.05, 4.69) is 56.6 Å². The summed E-state index contributed by atoms with van der Waals surface area (Å²) in [5.74, 6) is 1.01. The molecule has 1 aromatic rings. The summed E-state index contributed by atoms with van der Waals surface area (Å²) >= 11 is 3.38. The van der Waals surface area contributed by atoms with Gasteiger partial charge in [-0.15, -0.1) is 0 Å². The van der Waals surface area contributed by atoms with E-state index in [1.165, 1.54) is 0 Å². The molecule has 16 heavy (non-hydrogen) atoms. The molecule has 0 radical (unpaired) electrons. The average molecular weight is 285 g/mol. The van der Waals surface area contributed by atoms with E-state index < -0.39 is 0 Å². The molecule has 0 saturated carbocycles. The summed E-state index contributed by atoms with van der Waals surface area (Å²) in [5, 5.41) is 0. The van der Waals surface area contributed by atoms with Crippen LogP contribution in [0.25, 0.3) is 0 Å². The zero-order valence-corrected chi connectivity index (χ0v) is 11.5. The predicted octanol–water partition coefficient (Wildman–Crippen LogP) is 1.77. The maximum atomic E-state index is 4.32. The SMILES string of the molecule is CC1CN(c2cc(Br)ncn2)CC(C)N1C. The van der Waals surface area contributed by atoms with Crippen LogP contribution in [0.4, 0.5) is 5.82 Å². The molecule has 2 rings (SSSR count). The second-order valence-electron chi connectivity index (χ2n) is 4.47. The van der Waals surface area contributed by atoms with Crippen molar-refractivity contribution in [2.24, 2.45) is 0 Å². The van der Waals surface area contributed by atoms with Crippen molar-refractivity contribution in [1.82, 2.24) is 14.9 Å². The molecule has 0 aliphatic carbocycles. The summed E-state index contributed by atoms with van der Waals surface area (Å²) in [6.45, 7) is 6.53. The molecule has 5 heteroatoms. The van der Waals surface area contributed by atoms with E-state index in [-0.39, 0.29) is 0 Å². The summed E-state index contributed by atoms with van der Waals surface area (Å²) in [5.41, 5.74) is 0. The third-order valence-electron chi connectivity index (χ3n) is 3.30. The molecule has 1 aliphatic heterocycles. The monoisotopic (exact) mass is 284 g/mol. The molecular formula is C11H17BrN4. The highest BCUT2D eigenvalue weighted by Crippen LogP contribution is 2.20. The number of hydrogen-bond donors (Lipinski definition) is 0. The molecule has 1 fully saturated rings. The van der Waals surface area contributed by atoms with Gasteiger partial charge in [-0.05, 0) is 36.8 Å². The molecule has 1 aromatic heterocycles. The molecule has 0 spiro atoms. The molecule has 0 bridgehead atoms. The van der Waals surface area contributed by atoms with Gasteiger partial charge in [-0.1, -0.05) is 0 Å². The fourth-order valence-corrected chi connectivity index (χ4v) is 2.38. The van der Waals surface area contributed by atoms with Crippen LogP contribution in [-0.4, -0.2) is 47.1 Å². The predicted molar refractivity (Wildman–Crippen MR) is 68.6 cm³/mol. The highest BCUT2D eigenvalue weighted by Gasteiger charge is 2.27. The normalized spacial score (nSPS) is 27.1. The van der Waals surface area contributed by atoms with Crippen LogP contribution in [0.1, 0.15) is 13.8 Å². The highest BCUT2D eigenvalue weighted by atomic mass is 79.9. The molecule has 2 atom stereocenters. The number of hydrogen-bond acceptors (Lipinski definition) is 4. The van der Waals surface area contributed by atoms with Gasteiger partial charge in [-0.3, -0.25) is 4.90 Å². The van der Waals surface area contributed by atoms with Crippen molar-refractivity contribution >= 4 is 21.7 Å². The summed E-state index contributed by atoms with van der Waals surface area (Å²) in [7, 11) is 2.18. The van der Waals surface area contributed by atoms with E-state index in [0.717, 1.165) is 23.5 Å². The molecular weight excluding hydrogens is 268 g/mol. The molecule has 2 heterocycles. The van der Waals surface area contributed by atoms with Crippen molar-refractivity contribution in [3.63, 3.8) is 0 Å². The molecule has 0 amide bonds. The molecule has 1 saturated heterocycles. The Morgan fingerprint density at radius 1 is 1.25 bits per heavy atom. The summed E-state index contributed by atoms with van der Waals surface area (Å²) in [6, 6.07) is 3.08. The van der Waals surface area contributed by atoms with E-state index in [9.17, 15) is 0 Å².